The number of phenolic OH excluding ortho intramolecular Hbond substituents is 1. The van der Waals surface area contributed by atoms with Gasteiger partial charge in [-0.15, -0.1) is 0 Å². The normalized spacial score (nSPS) is 9.30. The number of aliphatic carboxylic acids is 2. The summed E-state index contributed by atoms with van der Waals surface area (Å²) in [5.41, 5.74) is 0.975. The van der Waals surface area contributed by atoms with E-state index >= 15 is 0 Å². The largest absolute Gasteiger partial charge is 1.00 e. The van der Waals surface area contributed by atoms with Crippen LogP contribution in [0.4, 0.5) is 0 Å². The molecule has 0 fully saturated rings. The third-order valence-electron chi connectivity index (χ3n) is 3.16. The maximum atomic E-state index is 11.3. The number of hydrogen-bond donors (Lipinski definition) is 2. The number of phenols is 1. The van der Waals surface area contributed by atoms with Gasteiger partial charge in [0.1, 0.15) is 17.6 Å². The van der Waals surface area contributed by atoms with Crippen LogP contribution in [0.3, 0.4) is 0 Å². The van der Waals surface area contributed by atoms with Crippen molar-refractivity contribution in [3.8, 4) is 5.75 Å². The molecule has 0 saturated heterocycles. The van der Waals surface area contributed by atoms with Gasteiger partial charge >= 0.3 is 47.5 Å². The molecule has 0 heterocycles. The molecule has 0 radical (unpaired) electrons. The Bertz CT molecular complexity index is 916. The summed E-state index contributed by atoms with van der Waals surface area (Å²) in [7, 11) is 0. The first kappa shape index (κ1) is 46.3. The van der Waals surface area contributed by atoms with Crippen molar-refractivity contribution in [2.24, 2.45) is 0 Å². The summed E-state index contributed by atoms with van der Waals surface area (Å²) in [4.78, 5) is 70.8. The predicted molar refractivity (Wildman–Crippen MR) is 137 cm³/mol. The second kappa shape index (κ2) is 30.0. The Hall–Kier alpha value is -3.55. The average molecular weight is 581 g/mol. The number of carbonyl (C=O) groups excluding carboxylic acids is 6. The molecule has 2 N–H and O–H groups in total. The topological polar surface area (TPSA) is 211 Å². The second-order valence-electron chi connectivity index (χ2n) is 6.71. The molecule has 0 saturated carbocycles. The summed E-state index contributed by atoms with van der Waals surface area (Å²) in [6.07, 6.45) is 2.46. The molecule has 0 aromatic heterocycles. The maximum absolute atomic E-state index is 11.3. The van der Waals surface area contributed by atoms with Gasteiger partial charge in [-0.1, -0.05) is 18.2 Å². The Morgan fingerprint density at radius 2 is 1.43 bits per heavy atom. The van der Waals surface area contributed by atoms with Crippen molar-refractivity contribution in [1.29, 1.82) is 0 Å². The second-order valence-corrected chi connectivity index (χ2v) is 6.71. The zero-order chi connectivity index (χ0) is 31.6. The van der Waals surface area contributed by atoms with E-state index in [2.05, 4.69) is 9.47 Å². The molecule has 0 amide bonds. The average Bonchev–Trinajstić information content (AvgIpc) is 2.78. The summed E-state index contributed by atoms with van der Waals surface area (Å²) in [5.74, 6) is -4.48. The number of carboxylic acids is 2. The molecular weight excluding hydrogens is 543 g/mol. The molecule has 0 aliphatic rings. The van der Waals surface area contributed by atoms with E-state index in [-0.39, 0.29) is 47.5 Å². The molecule has 1 atom stereocenters. The number of aromatic hydroxyl groups is 1. The van der Waals surface area contributed by atoms with Crippen LogP contribution >= 0.6 is 0 Å². The summed E-state index contributed by atoms with van der Waals surface area (Å²) < 4.78 is 13.8. The minimum atomic E-state index is -1.42. The van der Waals surface area contributed by atoms with Gasteiger partial charge in [0.05, 0.1) is 13.2 Å². The zero-order valence-electron chi connectivity index (χ0n) is 24.3. The molecule has 1 unspecified atom stereocenters. The molecule has 1 aromatic carbocycles. The first-order valence-electron chi connectivity index (χ1n) is 11.3. The molecule has 1 rings (SSSR count). The SMILES string of the molecule is C/C=C/C=O.CC(=O)O.CC(=O)[O-].CCOC(=O)C(OC(C)=O)C(C)=O.CCOC(=O)c1c(C)cccc1O.[Na+]. The summed E-state index contributed by atoms with van der Waals surface area (Å²) in [6.45, 7) is 11.7. The Morgan fingerprint density at radius 3 is 1.70 bits per heavy atom. The van der Waals surface area contributed by atoms with Crippen molar-refractivity contribution in [3.05, 3.63) is 41.5 Å². The van der Waals surface area contributed by atoms with Crippen LogP contribution in [0.2, 0.25) is 0 Å². The van der Waals surface area contributed by atoms with E-state index in [1.54, 1.807) is 45.9 Å². The van der Waals surface area contributed by atoms with Gasteiger partial charge in [0.25, 0.3) is 12.1 Å². The van der Waals surface area contributed by atoms with Crippen LogP contribution in [-0.4, -0.2) is 71.4 Å². The zero-order valence-corrected chi connectivity index (χ0v) is 26.3. The first-order chi connectivity index (χ1) is 18.0. The van der Waals surface area contributed by atoms with E-state index in [0.29, 0.717) is 6.61 Å². The molecular formula is C26H37NaO13. The van der Waals surface area contributed by atoms with E-state index in [0.717, 1.165) is 39.5 Å². The fraction of sp³-hybridized carbons (Fsp3) is 0.423. The van der Waals surface area contributed by atoms with Crippen LogP contribution < -0.4 is 34.7 Å². The van der Waals surface area contributed by atoms with E-state index in [9.17, 15) is 29.1 Å². The summed E-state index contributed by atoms with van der Waals surface area (Å²) in [6, 6.07) is 4.92. The molecule has 1 aromatic rings. The first-order valence-corrected chi connectivity index (χ1v) is 11.3. The van der Waals surface area contributed by atoms with Crippen molar-refractivity contribution >= 4 is 41.9 Å². The van der Waals surface area contributed by atoms with Gasteiger partial charge in [0.2, 0.25) is 0 Å². The number of allylic oxidation sites excluding steroid dienone is 2. The molecule has 0 bridgehead atoms. The molecule has 14 heteroatoms. The number of hydrogen-bond acceptors (Lipinski definition) is 12. The number of ketones is 1. The van der Waals surface area contributed by atoms with Crippen molar-refractivity contribution in [3.63, 3.8) is 0 Å². The van der Waals surface area contributed by atoms with Crippen molar-refractivity contribution in [1.82, 2.24) is 0 Å². The molecule has 0 aliphatic carbocycles. The quantitative estimate of drug-likeness (QED) is 0.0946. The molecule has 40 heavy (non-hydrogen) atoms. The minimum absolute atomic E-state index is 0. The Morgan fingerprint density at radius 1 is 0.975 bits per heavy atom. The van der Waals surface area contributed by atoms with Gasteiger partial charge in [0, 0.05) is 19.8 Å². The molecule has 220 valence electrons. The fourth-order valence-electron chi connectivity index (χ4n) is 1.88. The van der Waals surface area contributed by atoms with Crippen LogP contribution in [-0.2, 0) is 43.0 Å². The van der Waals surface area contributed by atoms with Gasteiger partial charge in [-0.3, -0.25) is 19.2 Å². The van der Waals surface area contributed by atoms with Crippen LogP contribution in [0.1, 0.15) is 64.4 Å². The van der Waals surface area contributed by atoms with Crippen LogP contribution in [0.15, 0.2) is 30.4 Å². The van der Waals surface area contributed by atoms with Gasteiger partial charge in [-0.25, -0.2) is 9.59 Å². The van der Waals surface area contributed by atoms with Crippen molar-refractivity contribution < 1.29 is 92.6 Å². The number of carbonyl (C=O) groups is 7. The van der Waals surface area contributed by atoms with E-state index in [4.69, 9.17) is 24.5 Å². The monoisotopic (exact) mass is 580 g/mol. The van der Waals surface area contributed by atoms with Gasteiger partial charge < -0.3 is 34.3 Å². The third kappa shape index (κ3) is 32.5. The number of esters is 3. The maximum Gasteiger partial charge on any atom is 1.00 e. The molecule has 0 spiro atoms. The Kier molecular flexibility index (Phi) is 34.7. The van der Waals surface area contributed by atoms with Crippen LogP contribution in [0.5, 0.6) is 5.75 Å². The number of rotatable bonds is 7. The fourth-order valence-corrected chi connectivity index (χ4v) is 1.88. The molecule has 0 aliphatic heterocycles. The van der Waals surface area contributed by atoms with Gasteiger partial charge in [-0.05, 0) is 59.2 Å². The molecule has 13 nitrogen and oxygen atoms in total. The number of aldehydes is 1. The minimum Gasteiger partial charge on any atom is -0.550 e. The number of aryl methyl sites for hydroxylation is 1. The number of ether oxygens (including phenoxy) is 3. The van der Waals surface area contributed by atoms with Crippen molar-refractivity contribution in [2.45, 2.75) is 61.5 Å². The predicted octanol–water partition coefficient (Wildman–Crippen LogP) is -1.44. The Balaban J connectivity index is -0.000000141. The van der Waals surface area contributed by atoms with Crippen LogP contribution in [0, 0.1) is 6.92 Å². The van der Waals surface area contributed by atoms with Crippen LogP contribution in [0.25, 0.3) is 0 Å². The van der Waals surface area contributed by atoms with E-state index in [1.165, 1.54) is 12.1 Å². The van der Waals surface area contributed by atoms with Gasteiger partial charge in [-0.2, -0.15) is 0 Å². The van der Waals surface area contributed by atoms with Crippen molar-refractivity contribution in [2.75, 3.05) is 13.2 Å². The standard InChI is InChI=1S/C10H12O3.C8H12O5.C4H6O.2C2H4O2.Na/c1-3-13-10(12)9-7(2)5-4-6-8(9)11;1-4-12-8(11)7(5(2)9)13-6(3)10;1-2-3-4-5;2*1-2(3)4;/h4-6,11H,3H2,1-2H3;7H,4H2,1-3H3;2-4H,1H3;2*1H3,(H,3,4);/q;;;;;+1/p-1/b;;3-2+;;;. The smallest absolute Gasteiger partial charge is 0.550 e. The number of carboxylic acid groups (broad SMARTS) is 2. The summed E-state index contributed by atoms with van der Waals surface area (Å²) >= 11 is 0. The Labute approximate surface area is 255 Å². The van der Waals surface area contributed by atoms with Gasteiger partial charge in [0.15, 0.2) is 5.78 Å². The number of benzene rings is 1. The number of Topliss-reactive ketones (excluding diaryl/α,β-unsaturated/α-hetero) is 1. The van der Waals surface area contributed by atoms with E-state index < -0.39 is 41.7 Å². The summed E-state index contributed by atoms with van der Waals surface area (Å²) in [5, 5.41) is 25.7. The third-order valence-corrected chi connectivity index (χ3v) is 3.16. The van der Waals surface area contributed by atoms with E-state index in [1.807, 2.05) is 0 Å².